The Morgan fingerprint density at radius 1 is 1.19 bits per heavy atom. The van der Waals surface area contributed by atoms with E-state index in [1.165, 1.54) is 17.5 Å². The summed E-state index contributed by atoms with van der Waals surface area (Å²) in [6.45, 7) is 2.01. The average molecular weight is 375 g/mol. The molecule has 0 radical (unpaired) electrons. The van der Waals surface area contributed by atoms with Crippen LogP contribution in [0.15, 0.2) is 53.4 Å². The number of esters is 1. The summed E-state index contributed by atoms with van der Waals surface area (Å²) in [5.74, 6) is -0.263. The maximum absolute atomic E-state index is 13.3. The fraction of sp³-hybridized carbons (Fsp3) is 0.316. The third-order valence-corrected chi connectivity index (χ3v) is 6.25. The number of benzene rings is 2. The maximum atomic E-state index is 13.3. The van der Waals surface area contributed by atoms with Crippen molar-refractivity contribution < 1.29 is 22.7 Å². The average Bonchev–Trinajstić information content (AvgIpc) is 2.67. The van der Waals surface area contributed by atoms with Gasteiger partial charge in [-0.2, -0.15) is 4.31 Å². The fourth-order valence-electron chi connectivity index (χ4n) is 3.13. The Balaban J connectivity index is 2.11. The van der Waals surface area contributed by atoms with Gasteiger partial charge in [0.15, 0.2) is 0 Å². The molecule has 138 valence electrons. The lowest BCUT2D eigenvalue weighted by atomic mass is 10.1. The summed E-state index contributed by atoms with van der Waals surface area (Å²) in [5.41, 5.74) is 0. The van der Waals surface area contributed by atoms with E-state index in [-0.39, 0.29) is 30.2 Å². The molecule has 6 nitrogen and oxygen atoms in total. The van der Waals surface area contributed by atoms with E-state index in [0.717, 1.165) is 5.39 Å². The lowest BCUT2D eigenvalue weighted by molar-refractivity contribution is -0.147. The number of hydrogen-bond donors (Lipinski definition) is 0. The van der Waals surface area contributed by atoms with Gasteiger partial charge in [-0.15, -0.1) is 0 Å². The number of rotatable bonds is 5. The molecule has 1 unspecified atom stereocenters. The Kier molecular flexibility index (Phi) is 5.29. The number of nitrogens with zero attached hydrogens (tertiary/aromatic N) is 1. The highest BCUT2D eigenvalue weighted by molar-refractivity contribution is 7.89. The standard InChI is InChI=1S/C19H21NO5S/c1-3-25-19(21)16-10-6-7-13-20(16)26(22,23)17-12-11-14-8-4-5-9-15(14)18(17)24-2/h4-9,11-12,16H,3,10,13H2,1-2H3. The molecule has 3 rings (SSSR count). The van der Waals surface area contributed by atoms with Crippen molar-refractivity contribution in [3.8, 4) is 5.75 Å². The monoisotopic (exact) mass is 375 g/mol. The molecule has 1 atom stereocenters. The van der Waals surface area contributed by atoms with Crippen molar-refractivity contribution in [2.24, 2.45) is 0 Å². The molecule has 1 heterocycles. The normalized spacial score (nSPS) is 18.0. The van der Waals surface area contributed by atoms with Crippen molar-refractivity contribution in [2.75, 3.05) is 20.3 Å². The summed E-state index contributed by atoms with van der Waals surface area (Å²) in [7, 11) is -2.51. The van der Waals surface area contributed by atoms with Gasteiger partial charge in [0.1, 0.15) is 16.7 Å². The van der Waals surface area contributed by atoms with Gasteiger partial charge in [0.05, 0.1) is 13.7 Å². The largest absolute Gasteiger partial charge is 0.495 e. The molecule has 0 bridgehead atoms. The van der Waals surface area contributed by atoms with E-state index in [9.17, 15) is 13.2 Å². The molecular formula is C19H21NO5S. The van der Waals surface area contributed by atoms with Crippen LogP contribution < -0.4 is 4.74 Å². The third-order valence-electron chi connectivity index (χ3n) is 4.35. The molecule has 0 saturated carbocycles. The first-order chi connectivity index (χ1) is 12.5. The van der Waals surface area contributed by atoms with E-state index >= 15 is 0 Å². The van der Waals surface area contributed by atoms with Gasteiger partial charge in [0, 0.05) is 11.9 Å². The van der Waals surface area contributed by atoms with Crippen LogP contribution in [0, 0.1) is 0 Å². The summed E-state index contributed by atoms with van der Waals surface area (Å²) in [6, 6.07) is 9.79. The van der Waals surface area contributed by atoms with Gasteiger partial charge in [0.2, 0.25) is 10.0 Å². The second-order valence-corrected chi connectivity index (χ2v) is 7.73. The zero-order valence-electron chi connectivity index (χ0n) is 14.7. The van der Waals surface area contributed by atoms with Crippen LogP contribution in [-0.4, -0.2) is 45.0 Å². The number of fused-ring (bicyclic) bond motifs is 1. The van der Waals surface area contributed by atoms with Crippen LogP contribution in [0.3, 0.4) is 0 Å². The highest BCUT2D eigenvalue weighted by Gasteiger charge is 2.38. The van der Waals surface area contributed by atoms with E-state index in [2.05, 4.69) is 0 Å². The highest BCUT2D eigenvalue weighted by atomic mass is 32.2. The quantitative estimate of drug-likeness (QED) is 0.593. The minimum atomic E-state index is -3.95. The van der Waals surface area contributed by atoms with Crippen molar-refractivity contribution in [3.05, 3.63) is 48.6 Å². The number of ether oxygens (including phenoxy) is 2. The Morgan fingerprint density at radius 3 is 2.69 bits per heavy atom. The van der Waals surface area contributed by atoms with Gasteiger partial charge < -0.3 is 9.47 Å². The zero-order valence-corrected chi connectivity index (χ0v) is 15.5. The van der Waals surface area contributed by atoms with E-state index < -0.39 is 22.0 Å². The van der Waals surface area contributed by atoms with E-state index in [1.54, 1.807) is 25.1 Å². The molecule has 26 heavy (non-hydrogen) atoms. The predicted molar refractivity (Wildman–Crippen MR) is 98.6 cm³/mol. The predicted octanol–water partition coefficient (Wildman–Crippen LogP) is 2.73. The molecule has 0 amide bonds. The number of carbonyl (C=O) groups excluding carboxylic acids is 1. The van der Waals surface area contributed by atoms with Crippen LogP contribution in [0.1, 0.15) is 13.3 Å². The molecule has 7 heteroatoms. The second kappa shape index (κ2) is 7.47. The van der Waals surface area contributed by atoms with Crippen LogP contribution in [0.4, 0.5) is 0 Å². The zero-order chi connectivity index (χ0) is 18.7. The molecule has 0 aliphatic carbocycles. The molecule has 2 aromatic carbocycles. The van der Waals surface area contributed by atoms with Gasteiger partial charge in [-0.3, -0.25) is 4.79 Å². The van der Waals surface area contributed by atoms with Crippen LogP contribution in [0.2, 0.25) is 0 Å². The topological polar surface area (TPSA) is 72.9 Å². The Hall–Kier alpha value is -2.38. The Bertz CT molecular complexity index is 952. The summed E-state index contributed by atoms with van der Waals surface area (Å²) >= 11 is 0. The molecule has 0 aromatic heterocycles. The van der Waals surface area contributed by atoms with Crippen molar-refractivity contribution in [1.29, 1.82) is 0 Å². The van der Waals surface area contributed by atoms with Gasteiger partial charge >= 0.3 is 5.97 Å². The van der Waals surface area contributed by atoms with Gasteiger partial charge in [-0.1, -0.05) is 42.5 Å². The number of methoxy groups -OCH3 is 1. The lowest BCUT2D eigenvalue weighted by Crippen LogP contribution is -2.47. The van der Waals surface area contributed by atoms with Gasteiger partial charge in [-0.25, -0.2) is 8.42 Å². The molecule has 0 saturated heterocycles. The minimum Gasteiger partial charge on any atom is -0.495 e. The SMILES string of the molecule is CCOC(=O)C1CC=CCN1S(=O)(=O)c1ccc2ccccc2c1OC. The first-order valence-corrected chi connectivity index (χ1v) is 9.84. The summed E-state index contributed by atoms with van der Waals surface area (Å²) in [4.78, 5) is 12.3. The van der Waals surface area contributed by atoms with Gasteiger partial charge in [-0.05, 0) is 24.8 Å². The third kappa shape index (κ3) is 3.20. The van der Waals surface area contributed by atoms with Crippen molar-refractivity contribution >= 4 is 26.8 Å². The lowest BCUT2D eigenvalue weighted by Gasteiger charge is -2.30. The van der Waals surface area contributed by atoms with Gasteiger partial charge in [0.25, 0.3) is 0 Å². The van der Waals surface area contributed by atoms with Crippen molar-refractivity contribution in [3.63, 3.8) is 0 Å². The maximum Gasteiger partial charge on any atom is 0.324 e. The summed E-state index contributed by atoms with van der Waals surface area (Å²) in [5, 5.41) is 1.58. The number of hydrogen-bond acceptors (Lipinski definition) is 5. The molecule has 1 aliphatic rings. The smallest absolute Gasteiger partial charge is 0.324 e. The summed E-state index contributed by atoms with van der Waals surface area (Å²) < 4.78 is 38.3. The number of sulfonamides is 1. The van der Waals surface area contributed by atoms with Crippen LogP contribution >= 0.6 is 0 Å². The molecule has 0 spiro atoms. The van der Waals surface area contributed by atoms with Crippen molar-refractivity contribution in [1.82, 2.24) is 4.31 Å². The molecule has 2 aromatic rings. The summed E-state index contributed by atoms with van der Waals surface area (Å²) in [6.07, 6.45) is 3.82. The van der Waals surface area contributed by atoms with Crippen LogP contribution in [0.25, 0.3) is 10.8 Å². The molecule has 1 aliphatic heterocycles. The Morgan fingerprint density at radius 2 is 1.96 bits per heavy atom. The molecular weight excluding hydrogens is 354 g/mol. The van der Waals surface area contributed by atoms with Crippen molar-refractivity contribution in [2.45, 2.75) is 24.3 Å². The van der Waals surface area contributed by atoms with Crippen LogP contribution in [0.5, 0.6) is 5.75 Å². The second-order valence-electron chi connectivity index (χ2n) is 5.87. The van der Waals surface area contributed by atoms with E-state index in [1.807, 2.05) is 24.3 Å². The van der Waals surface area contributed by atoms with E-state index in [0.29, 0.717) is 5.39 Å². The molecule has 0 N–H and O–H groups in total. The first-order valence-electron chi connectivity index (χ1n) is 8.40. The first kappa shape index (κ1) is 18.4. The minimum absolute atomic E-state index is 0.0447. The highest BCUT2D eigenvalue weighted by Crippen LogP contribution is 2.35. The molecule has 0 fully saturated rings. The number of carbonyl (C=O) groups is 1. The van der Waals surface area contributed by atoms with E-state index in [4.69, 9.17) is 9.47 Å². The van der Waals surface area contributed by atoms with Crippen LogP contribution in [-0.2, 0) is 19.6 Å². The Labute approximate surface area is 153 Å². The fourth-order valence-corrected chi connectivity index (χ4v) is 4.84.